The standard InChI is InChI=1S/C15H19FN4O.C2H6/c1-17-12-4-6-19(7-5-12)10-20-14-8-11(16)2-3-13(14)18-9-15(20)21;1-2/h2-3,8-9,12,17H,4-7,10H2,1H3;1-2H3. The van der Waals surface area contributed by atoms with Gasteiger partial charge in [0.2, 0.25) is 0 Å². The zero-order valence-electron chi connectivity index (χ0n) is 14.1. The molecule has 0 aliphatic carbocycles. The van der Waals surface area contributed by atoms with Crippen molar-refractivity contribution < 1.29 is 4.39 Å². The molecule has 0 radical (unpaired) electrons. The Kier molecular flexibility index (Phi) is 6.24. The maximum Gasteiger partial charge on any atom is 0.270 e. The van der Waals surface area contributed by atoms with Crippen LogP contribution in [0.2, 0.25) is 0 Å². The van der Waals surface area contributed by atoms with Gasteiger partial charge in [0.05, 0.1) is 23.9 Å². The highest BCUT2D eigenvalue weighted by molar-refractivity contribution is 5.74. The quantitative estimate of drug-likeness (QED) is 0.942. The summed E-state index contributed by atoms with van der Waals surface area (Å²) in [4.78, 5) is 18.4. The SMILES string of the molecule is CC.CNC1CCN(Cn2c(=O)cnc3ccc(F)cc32)CC1. The van der Waals surface area contributed by atoms with Crippen LogP contribution in [0.1, 0.15) is 26.7 Å². The second-order valence-electron chi connectivity index (χ2n) is 5.48. The lowest BCUT2D eigenvalue weighted by atomic mass is 10.1. The highest BCUT2D eigenvalue weighted by Gasteiger charge is 2.18. The molecule has 23 heavy (non-hydrogen) atoms. The normalized spacial score (nSPS) is 16.2. The van der Waals surface area contributed by atoms with E-state index in [0.29, 0.717) is 23.7 Å². The molecule has 0 atom stereocenters. The van der Waals surface area contributed by atoms with Gasteiger partial charge in [0.1, 0.15) is 5.82 Å². The number of rotatable bonds is 3. The Balaban J connectivity index is 0.000000924. The van der Waals surface area contributed by atoms with Crippen molar-refractivity contribution in [1.29, 1.82) is 0 Å². The van der Waals surface area contributed by atoms with Crippen molar-refractivity contribution in [2.75, 3.05) is 20.1 Å². The molecule has 0 bridgehead atoms. The maximum absolute atomic E-state index is 13.5. The van der Waals surface area contributed by atoms with Crippen molar-refractivity contribution in [2.24, 2.45) is 0 Å². The van der Waals surface area contributed by atoms with E-state index in [9.17, 15) is 9.18 Å². The smallest absolute Gasteiger partial charge is 0.270 e. The highest BCUT2D eigenvalue weighted by Crippen LogP contribution is 2.14. The molecule has 6 heteroatoms. The molecule has 1 aromatic carbocycles. The number of aromatic nitrogens is 2. The fraction of sp³-hybridized carbons (Fsp3) is 0.529. The molecule has 3 rings (SSSR count). The fourth-order valence-corrected chi connectivity index (χ4v) is 2.84. The van der Waals surface area contributed by atoms with E-state index in [1.807, 2.05) is 20.9 Å². The molecule has 1 saturated heterocycles. The van der Waals surface area contributed by atoms with Gasteiger partial charge in [-0.2, -0.15) is 0 Å². The Morgan fingerprint density at radius 1 is 1.30 bits per heavy atom. The number of nitrogens with one attached hydrogen (secondary N) is 1. The topological polar surface area (TPSA) is 50.2 Å². The summed E-state index contributed by atoms with van der Waals surface area (Å²) >= 11 is 0. The lowest BCUT2D eigenvalue weighted by molar-refractivity contribution is 0.162. The van der Waals surface area contributed by atoms with Crippen LogP contribution in [-0.4, -0.2) is 40.6 Å². The third-order valence-corrected chi connectivity index (χ3v) is 4.15. The minimum absolute atomic E-state index is 0.191. The molecule has 0 amide bonds. The molecule has 2 heterocycles. The number of fused-ring (bicyclic) bond motifs is 1. The number of halogens is 1. The molecule has 0 spiro atoms. The van der Waals surface area contributed by atoms with Crippen molar-refractivity contribution in [1.82, 2.24) is 19.8 Å². The number of nitrogens with zero attached hydrogens (tertiary/aromatic N) is 3. The molecule has 1 N–H and O–H groups in total. The Labute approximate surface area is 136 Å². The van der Waals surface area contributed by atoms with E-state index in [0.717, 1.165) is 25.9 Å². The summed E-state index contributed by atoms with van der Waals surface area (Å²) in [6, 6.07) is 4.89. The predicted molar refractivity (Wildman–Crippen MR) is 91.0 cm³/mol. The lowest BCUT2D eigenvalue weighted by Crippen LogP contribution is -2.43. The van der Waals surface area contributed by atoms with E-state index < -0.39 is 0 Å². The molecular formula is C17H25FN4O. The summed E-state index contributed by atoms with van der Waals surface area (Å²) < 4.78 is 15.1. The Hall–Kier alpha value is -1.79. The zero-order valence-corrected chi connectivity index (χ0v) is 14.1. The Bertz CT molecular complexity index is 693. The van der Waals surface area contributed by atoms with Gasteiger partial charge in [-0.25, -0.2) is 9.37 Å². The second kappa shape index (κ2) is 8.17. The van der Waals surface area contributed by atoms with Crippen molar-refractivity contribution in [3.05, 3.63) is 40.6 Å². The van der Waals surface area contributed by atoms with Crippen LogP contribution >= 0.6 is 0 Å². The van der Waals surface area contributed by atoms with Crippen LogP contribution in [0.4, 0.5) is 4.39 Å². The molecule has 0 unspecified atom stereocenters. The second-order valence-corrected chi connectivity index (χ2v) is 5.48. The first-order valence-electron chi connectivity index (χ1n) is 8.22. The predicted octanol–water partition coefficient (Wildman–Crippen LogP) is 2.20. The van der Waals surface area contributed by atoms with Gasteiger partial charge >= 0.3 is 0 Å². The fourth-order valence-electron chi connectivity index (χ4n) is 2.84. The van der Waals surface area contributed by atoms with Crippen LogP contribution in [-0.2, 0) is 6.67 Å². The summed E-state index contributed by atoms with van der Waals surface area (Å²) in [6.45, 7) is 6.34. The summed E-state index contributed by atoms with van der Waals surface area (Å²) in [5.74, 6) is -0.349. The van der Waals surface area contributed by atoms with Crippen LogP contribution in [0.5, 0.6) is 0 Å². The number of piperidine rings is 1. The molecule has 1 fully saturated rings. The first-order valence-corrected chi connectivity index (χ1v) is 8.22. The lowest BCUT2D eigenvalue weighted by Gasteiger charge is -2.32. The van der Waals surface area contributed by atoms with Gasteiger partial charge in [-0.15, -0.1) is 0 Å². The Morgan fingerprint density at radius 2 is 2.00 bits per heavy atom. The van der Waals surface area contributed by atoms with E-state index in [4.69, 9.17) is 0 Å². The molecule has 1 aliphatic heterocycles. The Morgan fingerprint density at radius 3 is 2.65 bits per heavy atom. The zero-order chi connectivity index (χ0) is 16.8. The molecular weight excluding hydrogens is 295 g/mol. The average Bonchev–Trinajstić information content (AvgIpc) is 2.60. The molecule has 126 valence electrons. The molecule has 1 aromatic heterocycles. The minimum Gasteiger partial charge on any atom is -0.317 e. The molecule has 0 saturated carbocycles. The molecule has 5 nitrogen and oxygen atoms in total. The highest BCUT2D eigenvalue weighted by atomic mass is 19.1. The van der Waals surface area contributed by atoms with Gasteiger partial charge in [-0.05, 0) is 38.1 Å². The third kappa shape index (κ3) is 4.14. The molecule has 2 aromatic rings. The number of likely N-dealkylation sites (tertiary alicyclic amines) is 1. The molecule has 1 aliphatic rings. The van der Waals surface area contributed by atoms with Crippen molar-refractivity contribution in [3.63, 3.8) is 0 Å². The van der Waals surface area contributed by atoms with Crippen molar-refractivity contribution in [3.8, 4) is 0 Å². The largest absolute Gasteiger partial charge is 0.317 e. The van der Waals surface area contributed by atoms with Gasteiger partial charge < -0.3 is 5.32 Å². The van der Waals surface area contributed by atoms with E-state index >= 15 is 0 Å². The van der Waals surface area contributed by atoms with E-state index in [1.165, 1.54) is 18.3 Å². The summed E-state index contributed by atoms with van der Waals surface area (Å²) in [7, 11) is 1.98. The van der Waals surface area contributed by atoms with E-state index in [-0.39, 0.29) is 11.4 Å². The number of hydrogen-bond donors (Lipinski definition) is 1. The minimum atomic E-state index is -0.349. The van der Waals surface area contributed by atoms with Crippen molar-refractivity contribution >= 4 is 11.0 Å². The maximum atomic E-state index is 13.5. The first kappa shape index (κ1) is 17.6. The van der Waals surface area contributed by atoms with Gasteiger partial charge in [0.25, 0.3) is 5.56 Å². The number of benzene rings is 1. The third-order valence-electron chi connectivity index (χ3n) is 4.15. The van der Waals surface area contributed by atoms with Crippen LogP contribution in [0, 0.1) is 5.82 Å². The van der Waals surface area contributed by atoms with Crippen LogP contribution in [0.3, 0.4) is 0 Å². The summed E-state index contributed by atoms with van der Waals surface area (Å²) in [6.07, 6.45) is 3.42. The van der Waals surface area contributed by atoms with Gasteiger partial charge in [-0.1, -0.05) is 13.8 Å². The van der Waals surface area contributed by atoms with Gasteiger partial charge in [-0.3, -0.25) is 14.3 Å². The van der Waals surface area contributed by atoms with Gasteiger partial charge in [0.15, 0.2) is 0 Å². The monoisotopic (exact) mass is 320 g/mol. The van der Waals surface area contributed by atoms with E-state index in [2.05, 4.69) is 15.2 Å². The van der Waals surface area contributed by atoms with Crippen LogP contribution in [0.15, 0.2) is 29.2 Å². The number of hydrogen-bond acceptors (Lipinski definition) is 4. The van der Waals surface area contributed by atoms with Gasteiger partial charge in [0, 0.05) is 19.1 Å². The summed E-state index contributed by atoms with van der Waals surface area (Å²) in [5.41, 5.74) is 1.00. The van der Waals surface area contributed by atoms with Crippen LogP contribution in [0.25, 0.3) is 11.0 Å². The van der Waals surface area contributed by atoms with E-state index in [1.54, 1.807) is 10.6 Å². The van der Waals surface area contributed by atoms with Crippen LogP contribution < -0.4 is 10.9 Å². The average molecular weight is 320 g/mol. The first-order chi connectivity index (χ1) is 11.2. The summed E-state index contributed by atoms with van der Waals surface area (Å²) in [5, 5.41) is 3.28. The van der Waals surface area contributed by atoms with Crippen molar-refractivity contribution in [2.45, 2.75) is 39.4 Å².